The molecule has 0 bridgehead atoms. The number of nitrogens with zero attached hydrogens (tertiary/aromatic N) is 2. The molecule has 0 unspecified atom stereocenters. The van der Waals surface area contributed by atoms with Crippen LogP contribution >= 0.6 is 23.2 Å². The number of ether oxygens (including phenoxy) is 1. The van der Waals surface area contributed by atoms with Crippen LogP contribution in [0.5, 0.6) is 0 Å². The van der Waals surface area contributed by atoms with Gasteiger partial charge in [0.1, 0.15) is 6.07 Å². The van der Waals surface area contributed by atoms with Crippen LogP contribution in [0.4, 0.5) is 13.2 Å². The molecule has 1 aromatic rings. The van der Waals surface area contributed by atoms with Crippen LogP contribution in [0.2, 0.25) is 10.0 Å². The Labute approximate surface area is 144 Å². The molecule has 0 saturated carbocycles. The number of nitriles is 1. The molecule has 0 saturated heterocycles. The second-order valence-electron chi connectivity index (χ2n) is 5.22. The first-order valence-corrected chi connectivity index (χ1v) is 7.41. The van der Waals surface area contributed by atoms with Gasteiger partial charge in [0.15, 0.2) is 11.9 Å². The summed E-state index contributed by atoms with van der Waals surface area (Å²) in [5.74, 6) is -2.68. The van der Waals surface area contributed by atoms with E-state index in [4.69, 9.17) is 33.7 Å². The summed E-state index contributed by atoms with van der Waals surface area (Å²) in [5, 5.41) is 13.1. The summed E-state index contributed by atoms with van der Waals surface area (Å²) in [6.07, 6.45) is -5.86. The predicted octanol–water partition coefficient (Wildman–Crippen LogP) is 3.26. The zero-order valence-corrected chi connectivity index (χ0v) is 13.2. The fourth-order valence-corrected chi connectivity index (χ4v) is 3.29. The SMILES string of the molecule is N#CC1=C(N)O[C@@H]2NN=C(C(F)(F)F)[C@H]2[C@@H]1c1cc(Cl)ccc1Cl. The Morgan fingerprint density at radius 1 is 1.33 bits per heavy atom. The first-order valence-electron chi connectivity index (χ1n) is 6.65. The van der Waals surface area contributed by atoms with Crippen molar-refractivity contribution in [3.63, 3.8) is 0 Å². The van der Waals surface area contributed by atoms with Crippen LogP contribution in [0.25, 0.3) is 0 Å². The molecular weight excluding hydrogens is 368 g/mol. The molecule has 2 aliphatic rings. The average molecular weight is 377 g/mol. The fraction of sp³-hybridized carbons (Fsp3) is 0.286. The number of fused-ring (bicyclic) bond motifs is 1. The van der Waals surface area contributed by atoms with Gasteiger partial charge in [-0.1, -0.05) is 23.2 Å². The number of hydrogen-bond donors (Lipinski definition) is 2. The quantitative estimate of drug-likeness (QED) is 0.787. The van der Waals surface area contributed by atoms with Gasteiger partial charge in [-0.3, -0.25) is 5.43 Å². The molecule has 0 aromatic heterocycles. The molecule has 3 rings (SSSR count). The highest BCUT2D eigenvalue weighted by Crippen LogP contribution is 2.47. The highest BCUT2D eigenvalue weighted by atomic mass is 35.5. The first-order chi connectivity index (χ1) is 11.2. The van der Waals surface area contributed by atoms with Crippen LogP contribution in [0, 0.1) is 17.2 Å². The second-order valence-corrected chi connectivity index (χ2v) is 6.07. The Morgan fingerprint density at radius 3 is 2.67 bits per heavy atom. The lowest BCUT2D eigenvalue weighted by molar-refractivity contribution is -0.0661. The molecular formula is C14H9Cl2F3N4O. The molecule has 3 N–H and O–H groups in total. The molecule has 2 heterocycles. The number of hydrazone groups is 1. The zero-order valence-electron chi connectivity index (χ0n) is 11.7. The molecule has 5 nitrogen and oxygen atoms in total. The maximum absolute atomic E-state index is 13.3. The third kappa shape index (κ3) is 2.64. The van der Waals surface area contributed by atoms with Gasteiger partial charge in [-0.25, -0.2) is 0 Å². The number of nitrogens with one attached hydrogen (secondary N) is 1. The van der Waals surface area contributed by atoms with Crippen LogP contribution in [0.3, 0.4) is 0 Å². The second kappa shape index (κ2) is 5.76. The van der Waals surface area contributed by atoms with Gasteiger partial charge in [-0.15, -0.1) is 0 Å². The molecule has 0 amide bonds. The minimum atomic E-state index is -4.70. The highest BCUT2D eigenvalue weighted by Gasteiger charge is 2.55. The van der Waals surface area contributed by atoms with E-state index in [9.17, 15) is 18.4 Å². The maximum Gasteiger partial charge on any atom is 0.431 e. The highest BCUT2D eigenvalue weighted by molar-refractivity contribution is 6.33. The average Bonchev–Trinajstić information content (AvgIpc) is 2.91. The number of hydrogen-bond acceptors (Lipinski definition) is 5. The van der Waals surface area contributed by atoms with Crippen molar-refractivity contribution in [3.05, 3.63) is 45.3 Å². The van der Waals surface area contributed by atoms with Gasteiger partial charge in [-0.2, -0.15) is 23.5 Å². The minimum absolute atomic E-state index is 0.152. The predicted molar refractivity (Wildman–Crippen MR) is 81.0 cm³/mol. The van der Waals surface area contributed by atoms with Crippen molar-refractivity contribution in [2.45, 2.75) is 18.3 Å². The van der Waals surface area contributed by atoms with E-state index >= 15 is 0 Å². The molecule has 10 heteroatoms. The summed E-state index contributed by atoms with van der Waals surface area (Å²) in [4.78, 5) is 0. The van der Waals surface area contributed by atoms with E-state index in [1.165, 1.54) is 18.2 Å². The van der Waals surface area contributed by atoms with Gasteiger partial charge in [-0.05, 0) is 23.8 Å². The number of rotatable bonds is 1. The first kappa shape index (κ1) is 16.7. The summed E-state index contributed by atoms with van der Waals surface area (Å²) in [6, 6.07) is 6.16. The van der Waals surface area contributed by atoms with Gasteiger partial charge < -0.3 is 10.5 Å². The van der Waals surface area contributed by atoms with Gasteiger partial charge in [0.05, 0.1) is 11.5 Å². The smallest absolute Gasteiger partial charge is 0.431 e. The van der Waals surface area contributed by atoms with Gasteiger partial charge in [0.25, 0.3) is 0 Å². The fourth-order valence-electron chi connectivity index (χ4n) is 2.88. The summed E-state index contributed by atoms with van der Waals surface area (Å²) in [5.41, 5.74) is 6.98. The van der Waals surface area contributed by atoms with Crippen molar-refractivity contribution in [3.8, 4) is 6.07 Å². The lowest BCUT2D eigenvalue weighted by Crippen LogP contribution is -2.45. The Bertz CT molecular complexity index is 800. The Morgan fingerprint density at radius 2 is 2.04 bits per heavy atom. The van der Waals surface area contributed by atoms with Crippen LogP contribution in [0.15, 0.2) is 34.8 Å². The third-order valence-corrected chi connectivity index (χ3v) is 4.43. The number of halogens is 5. The van der Waals surface area contributed by atoms with Gasteiger partial charge in [0.2, 0.25) is 5.88 Å². The molecule has 0 radical (unpaired) electrons. The van der Waals surface area contributed by atoms with Crippen molar-refractivity contribution in [2.24, 2.45) is 16.8 Å². The molecule has 0 aliphatic carbocycles. The minimum Gasteiger partial charge on any atom is -0.453 e. The van der Waals surface area contributed by atoms with Crippen molar-refractivity contribution in [1.82, 2.24) is 5.43 Å². The van der Waals surface area contributed by atoms with E-state index in [0.29, 0.717) is 0 Å². The van der Waals surface area contributed by atoms with Crippen LogP contribution in [-0.2, 0) is 4.74 Å². The van der Waals surface area contributed by atoms with Crippen LogP contribution in [0.1, 0.15) is 11.5 Å². The molecule has 126 valence electrons. The largest absolute Gasteiger partial charge is 0.453 e. The van der Waals surface area contributed by atoms with Crippen LogP contribution < -0.4 is 11.2 Å². The summed E-state index contributed by atoms with van der Waals surface area (Å²) < 4.78 is 45.1. The van der Waals surface area contributed by atoms with Crippen molar-refractivity contribution >= 4 is 28.9 Å². The molecule has 0 spiro atoms. The zero-order chi connectivity index (χ0) is 17.6. The lowest BCUT2D eigenvalue weighted by Gasteiger charge is -2.35. The van der Waals surface area contributed by atoms with E-state index in [1.54, 1.807) is 0 Å². The van der Waals surface area contributed by atoms with E-state index in [0.717, 1.165) is 0 Å². The Hall–Kier alpha value is -2.11. The monoisotopic (exact) mass is 376 g/mol. The van der Waals surface area contributed by atoms with E-state index < -0.39 is 30.0 Å². The van der Waals surface area contributed by atoms with E-state index in [1.807, 2.05) is 6.07 Å². The molecule has 24 heavy (non-hydrogen) atoms. The van der Waals surface area contributed by atoms with Crippen molar-refractivity contribution in [2.75, 3.05) is 0 Å². The standard InChI is InChI=1S/C14H9Cl2F3N4O/c15-5-1-2-8(16)6(3-5)9-7(4-20)12(21)24-13-10(9)11(22-23-13)14(17,18)19/h1-3,9-10,13,23H,21H2/t9-,10-,13+/m1/s1. The normalized spacial score (nSPS) is 26.2. The number of alkyl halides is 3. The molecule has 1 aromatic carbocycles. The number of nitrogens with two attached hydrogens (primary N) is 1. The van der Waals surface area contributed by atoms with Gasteiger partial charge >= 0.3 is 6.18 Å². The maximum atomic E-state index is 13.3. The number of benzene rings is 1. The van der Waals surface area contributed by atoms with Gasteiger partial charge in [0, 0.05) is 16.0 Å². The van der Waals surface area contributed by atoms with Crippen molar-refractivity contribution < 1.29 is 17.9 Å². The third-order valence-electron chi connectivity index (χ3n) is 3.85. The Kier molecular flexibility index (Phi) is 4.01. The van der Waals surface area contributed by atoms with Crippen molar-refractivity contribution in [1.29, 1.82) is 5.26 Å². The lowest BCUT2D eigenvalue weighted by atomic mass is 9.76. The topological polar surface area (TPSA) is 83.4 Å². The van der Waals surface area contributed by atoms with E-state index in [-0.39, 0.29) is 27.1 Å². The van der Waals surface area contributed by atoms with E-state index in [2.05, 4.69) is 10.5 Å². The summed E-state index contributed by atoms with van der Waals surface area (Å²) >= 11 is 12.1. The molecule has 3 atom stereocenters. The number of allylic oxidation sites excluding steroid dienone is 1. The summed E-state index contributed by atoms with van der Waals surface area (Å²) in [7, 11) is 0. The summed E-state index contributed by atoms with van der Waals surface area (Å²) in [6.45, 7) is 0. The molecule has 2 aliphatic heterocycles. The molecule has 0 fully saturated rings. The Balaban J connectivity index is 2.21. The van der Waals surface area contributed by atoms with Crippen LogP contribution in [-0.4, -0.2) is 18.1 Å².